The molecule has 2 unspecified atom stereocenters. The van der Waals surface area contributed by atoms with E-state index in [9.17, 15) is 4.79 Å². The first-order chi connectivity index (χ1) is 17.5. The van der Waals surface area contributed by atoms with Gasteiger partial charge in [0.1, 0.15) is 11.5 Å². The maximum absolute atomic E-state index is 12.5. The summed E-state index contributed by atoms with van der Waals surface area (Å²) in [5, 5.41) is 14.4. The fraction of sp³-hybridized carbons (Fsp3) is 0.536. The van der Waals surface area contributed by atoms with Gasteiger partial charge in [-0.05, 0) is 63.8 Å². The zero-order valence-electron chi connectivity index (χ0n) is 22.0. The molecule has 1 saturated heterocycles. The normalized spacial score (nSPS) is 19.9. The minimum Gasteiger partial charge on any atom is -0.317 e. The van der Waals surface area contributed by atoms with Gasteiger partial charge in [-0.3, -0.25) is 19.5 Å². The van der Waals surface area contributed by atoms with Crippen LogP contribution in [0.1, 0.15) is 58.1 Å². The third-order valence-corrected chi connectivity index (χ3v) is 6.74. The molecule has 0 aliphatic carbocycles. The topological polar surface area (TPSA) is 87.2 Å². The molecule has 8 nitrogen and oxygen atoms in total. The van der Waals surface area contributed by atoms with Crippen LogP contribution in [0.4, 0.5) is 0 Å². The molecule has 1 aromatic heterocycles. The average Bonchev–Trinajstić information content (AvgIpc) is 2.90. The number of aliphatic imine (C=N–C) groups is 2. The van der Waals surface area contributed by atoms with Crippen molar-refractivity contribution in [2.75, 3.05) is 26.2 Å². The van der Waals surface area contributed by atoms with Crippen LogP contribution in [0.25, 0.3) is 0 Å². The van der Waals surface area contributed by atoms with Crippen molar-refractivity contribution in [3.8, 4) is 0 Å². The third-order valence-electron chi connectivity index (χ3n) is 6.74. The zero-order valence-corrected chi connectivity index (χ0v) is 22.0. The van der Waals surface area contributed by atoms with Gasteiger partial charge in [-0.25, -0.2) is 4.99 Å². The first kappa shape index (κ1) is 27.5. The third kappa shape index (κ3) is 8.52. The number of allylic oxidation sites excluding steroid dienone is 4. The molecule has 194 valence electrons. The van der Waals surface area contributed by atoms with Crippen LogP contribution in [0.15, 0.2) is 68.6 Å². The lowest BCUT2D eigenvalue weighted by molar-refractivity contribution is 0.322. The van der Waals surface area contributed by atoms with Crippen molar-refractivity contribution < 1.29 is 0 Å². The minimum absolute atomic E-state index is 0.0878. The Balaban J connectivity index is 1.56. The summed E-state index contributed by atoms with van der Waals surface area (Å²) in [5.41, 5.74) is 1.21. The fourth-order valence-corrected chi connectivity index (χ4v) is 4.40. The lowest BCUT2D eigenvalue weighted by atomic mass is 9.90. The number of hydrogen-bond donors (Lipinski definition) is 1. The SMILES string of the molecule is C=C(/C=C\C=C\C1=NC(CC2CCNCC2)CC=N1)C(C)c1nn(C/C=N\N(CC)CC)ccc1=O. The standard InChI is InChI=1S/C28H41N7O/c1-5-34(6-2)31-18-20-35-19-14-26(36)28(33-35)23(4)22(3)9-7-8-10-27-30-17-13-25(32-27)21-24-11-15-29-16-12-24/h7-10,14,17-19,23-25,29H,3,5-6,11-13,15-16,20-21H2,1-2,4H3/b9-7-,10-8+,31-18-. The molecule has 0 aromatic carbocycles. The van der Waals surface area contributed by atoms with Crippen LogP contribution in [0.2, 0.25) is 0 Å². The fourth-order valence-electron chi connectivity index (χ4n) is 4.40. The van der Waals surface area contributed by atoms with Crippen molar-refractivity contribution >= 4 is 18.3 Å². The van der Waals surface area contributed by atoms with Gasteiger partial charge in [-0.15, -0.1) is 0 Å². The van der Waals surface area contributed by atoms with Gasteiger partial charge in [0.15, 0.2) is 0 Å². The highest BCUT2D eigenvalue weighted by Gasteiger charge is 2.19. The Kier molecular flexibility index (Phi) is 11.0. The molecule has 2 aliphatic rings. The van der Waals surface area contributed by atoms with Crippen LogP contribution in [-0.2, 0) is 6.54 Å². The van der Waals surface area contributed by atoms with Gasteiger partial charge in [-0.2, -0.15) is 10.2 Å². The van der Waals surface area contributed by atoms with E-state index in [1.54, 1.807) is 16.9 Å². The van der Waals surface area contributed by atoms with Crippen LogP contribution in [-0.4, -0.2) is 65.3 Å². The van der Waals surface area contributed by atoms with E-state index < -0.39 is 0 Å². The Hall–Kier alpha value is -3.13. The van der Waals surface area contributed by atoms with Gasteiger partial charge in [0.25, 0.3) is 0 Å². The first-order valence-corrected chi connectivity index (χ1v) is 13.2. The molecule has 1 N–H and O–H groups in total. The number of piperidine rings is 1. The van der Waals surface area contributed by atoms with Crippen molar-refractivity contribution in [2.45, 2.75) is 65.0 Å². The number of hydrogen-bond acceptors (Lipinski definition) is 7. The molecule has 0 saturated carbocycles. The number of nitrogens with zero attached hydrogens (tertiary/aromatic N) is 6. The second-order valence-corrected chi connectivity index (χ2v) is 9.36. The Bertz CT molecular complexity index is 1060. The summed E-state index contributed by atoms with van der Waals surface area (Å²) in [7, 11) is 0. The quantitative estimate of drug-likeness (QED) is 0.272. The van der Waals surface area contributed by atoms with E-state index in [0.717, 1.165) is 56.3 Å². The first-order valence-electron chi connectivity index (χ1n) is 13.2. The molecule has 1 aromatic rings. The smallest absolute Gasteiger partial charge is 0.203 e. The van der Waals surface area contributed by atoms with E-state index >= 15 is 0 Å². The lowest BCUT2D eigenvalue weighted by Crippen LogP contribution is -2.30. The Morgan fingerprint density at radius 1 is 1.31 bits per heavy atom. The van der Waals surface area contributed by atoms with Gasteiger partial charge in [0.05, 0.1) is 12.6 Å². The predicted octanol–water partition coefficient (Wildman–Crippen LogP) is 3.97. The van der Waals surface area contributed by atoms with E-state index in [1.807, 2.05) is 48.7 Å². The lowest BCUT2D eigenvalue weighted by Gasteiger charge is -2.25. The number of rotatable bonds is 12. The van der Waals surface area contributed by atoms with Gasteiger partial charge >= 0.3 is 0 Å². The molecule has 3 rings (SSSR count). The maximum Gasteiger partial charge on any atom is 0.203 e. The summed E-state index contributed by atoms with van der Waals surface area (Å²) >= 11 is 0. The van der Waals surface area contributed by atoms with Gasteiger partial charge in [-0.1, -0.05) is 31.7 Å². The zero-order chi connectivity index (χ0) is 25.8. The van der Waals surface area contributed by atoms with Crippen molar-refractivity contribution in [1.29, 1.82) is 0 Å². The predicted molar refractivity (Wildman–Crippen MR) is 150 cm³/mol. The second-order valence-electron chi connectivity index (χ2n) is 9.36. The van der Waals surface area contributed by atoms with E-state index in [2.05, 4.69) is 40.9 Å². The van der Waals surface area contributed by atoms with Gasteiger partial charge in [0, 0.05) is 50.1 Å². The molecule has 0 radical (unpaired) electrons. The molecule has 36 heavy (non-hydrogen) atoms. The number of amidine groups is 1. The monoisotopic (exact) mass is 491 g/mol. The summed E-state index contributed by atoms with van der Waals surface area (Å²) in [5.74, 6) is 1.32. The molecule has 0 spiro atoms. The number of hydrazone groups is 1. The highest BCUT2D eigenvalue weighted by molar-refractivity contribution is 5.99. The Morgan fingerprint density at radius 3 is 2.83 bits per heavy atom. The van der Waals surface area contributed by atoms with Crippen molar-refractivity contribution in [3.05, 3.63) is 64.6 Å². The summed E-state index contributed by atoms with van der Waals surface area (Å²) in [4.78, 5) is 21.7. The van der Waals surface area contributed by atoms with Crippen LogP contribution >= 0.6 is 0 Å². The van der Waals surface area contributed by atoms with E-state index in [4.69, 9.17) is 4.99 Å². The van der Waals surface area contributed by atoms with E-state index in [0.29, 0.717) is 18.3 Å². The van der Waals surface area contributed by atoms with Gasteiger partial charge in [0.2, 0.25) is 5.43 Å². The molecule has 3 heterocycles. The van der Waals surface area contributed by atoms with Crippen molar-refractivity contribution in [2.24, 2.45) is 21.0 Å². The molecule has 1 fully saturated rings. The molecule has 2 atom stereocenters. The summed E-state index contributed by atoms with van der Waals surface area (Å²) in [6.07, 6.45) is 17.7. The highest BCUT2D eigenvalue weighted by atomic mass is 16.1. The number of nitrogens with one attached hydrogen (secondary N) is 1. The minimum atomic E-state index is -0.200. The largest absolute Gasteiger partial charge is 0.317 e. The van der Waals surface area contributed by atoms with Gasteiger partial charge < -0.3 is 5.32 Å². The molecule has 2 aliphatic heterocycles. The summed E-state index contributed by atoms with van der Waals surface area (Å²) in [6, 6.07) is 1.88. The molecular formula is C28H41N7O. The molecule has 8 heteroatoms. The van der Waals surface area contributed by atoms with Crippen LogP contribution in [0.5, 0.6) is 0 Å². The summed E-state index contributed by atoms with van der Waals surface area (Å²) < 4.78 is 1.73. The van der Waals surface area contributed by atoms with E-state index in [-0.39, 0.29) is 11.3 Å². The average molecular weight is 492 g/mol. The van der Waals surface area contributed by atoms with Crippen molar-refractivity contribution in [3.63, 3.8) is 0 Å². The number of aromatic nitrogens is 2. The molecule has 0 amide bonds. The van der Waals surface area contributed by atoms with Crippen LogP contribution < -0.4 is 10.7 Å². The Morgan fingerprint density at radius 2 is 2.08 bits per heavy atom. The van der Waals surface area contributed by atoms with E-state index in [1.165, 1.54) is 12.8 Å². The molecular weight excluding hydrogens is 450 g/mol. The Labute approximate surface area is 215 Å². The second kappa shape index (κ2) is 14.4. The van der Waals surface area contributed by atoms with Crippen LogP contribution in [0, 0.1) is 5.92 Å². The molecule has 0 bridgehead atoms. The van der Waals surface area contributed by atoms with Crippen molar-refractivity contribution in [1.82, 2.24) is 20.1 Å². The highest BCUT2D eigenvalue weighted by Crippen LogP contribution is 2.22. The summed E-state index contributed by atoms with van der Waals surface area (Å²) in [6.45, 7) is 14.7. The maximum atomic E-state index is 12.5. The van der Waals surface area contributed by atoms with Crippen LogP contribution in [0.3, 0.4) is 0 Å².